The number of aromatic nitrogens is 2. The zero-order chi connectivity index (χ0) is 17.9. The van der Waals surface area contributed by atoms with Gasteiger partial charge in [-0.05, 0) is 25.3 Å². The van der Waals surface area contributed by atoms with Crippen LogP contribution < -0.4 is 10.6 Å². The number of pyridine rings is 1. The second-order valence-electron chi connectivity index (χ2n) is 7.28. The second kappa shape index (κ2) is 8.99. The van der Waals surface area contributed by atoms with Crippen LogP contribution in [0.25, 0.3) is 11.1 Å². The van der Waals surface area contributed by atoms with Gasteiger partial charge in [-0.25, -0.2) is 4.98 Å². The van der Waals surface area contributed by atoms with E-state index in [4.69, 9.17) is 4.52 Å². The minimum atomic E-state index is -0.0463. The number of hydrogen-bond donors (Lipinski definition) is 2. The molecule has 0 bridgehead atoms. The van der Waals surface area contributed by atoms with Gasteiger partial charge in [-0.15, -0.1) is 12.4 Å². The SMILES string of the molecule is CCCc1noc2nc(C3CC3)cc(C(=O)NCCN3CCNCC3)c12.Cl. The Morgan fingerprint density at radius 1 is 1.37 bits per heavy atom. The summed E-state index contributed by atoms with van der Waals surface area (Å²) < 4.78 is 5.45. The molecule has 27 heavy (non-hydrogen) atoms. The van der Waals surface area contributed by atoms with Crippen LogP contribution in [0.5, 0.6) is 0 Å². The minimum absolute atomic E-state index is 0. The van der Waals surface area contributed by atoms with E-state index >= 15 is 0 Å². The summed E-state index contributed by atoms with van der Waals surface area (Å²) >= 11 is 0. The molecule has 0 spiro atoms. The van der Waals surface area contributed by atoms with Gasteiger partial charge in [0.2, 0.25) is 0 Å². The molecule has 0 radical (unpaired) electrons. The molecule has 1 aliphatic carbocycles. The number of carbonyl (C=O) groups excluding carboxylic acids is 1. The van der Waals surface area contributed by atoms with E-state index in [1.807, 2.05) is 6.07 Å². The summed E-state index contributed by atoms with van der Waals surface area (Å²) in [5.74, 6) is 0.418. The van der Waals surface area contributed by atoms with Crippen molar-refractivity contribution in [1.29, 1.82) is 0 Å². The van der Waals surface area contributed by atoms with Gasteiger partial charge < -0.3 is 15.2 Å². The summed E-state index contributed by atoms with van der Waals surface area (Å²) in [6, 6.07) is 1.95. The molecule has 7 nitrogen and oxygen atoms in total. The van der Waals surface area contributed by atoms with Gasteiger partial charge in [0.25, 0.3) is 11.6 Å². The number of hydrogen-bond acceptors (Lipinski definition) is 6. The molecule has 1 saturated heterocycles. The van der Waals surface area contributed by atoms with Gasteiger partial charge >= 0.3 is 0 Å². The number of aryl methyl sites for hydroxylation is 1. The van der Waals surface area contributed by atoms with E-state index in [0.717, 1.165) is 75.2 Å². The Balaban J connectivity index is 0.00000210. The Kier molecular flexibility index (Phi) is 6.68. The van der Waals surface area contributed by atoms with Crippen LogP contribution in [0.2, 0.25) is 0 Å². The fourth-order valence-corrected chi connectivity index (χ4v) is 3.56. The second-order valence-corrected chi connectivity index (χ2v) is 7.28. The first-order valence-electron chi connectivity index (χ1n) is 9.76. The first-order chi connectivity index (χ1) is 12.8. The fraction of sp³-hybridized carbons (Fsp3) is 0.632. The average molecular weight is 394 g/mol. The third-order valence-electron chi connectivity index (χ3n) is 5.19. The lowest BCUT2D eigenvalue weighted by Gasteiger charge is -2.27. The number of nitrogens with one attached hydrogen (secondary N) is 2. The number of amides is 1. The van der Waals surface area contributed by atoms with Gasteiger partial charge in [0, 0.05) is 50.9 Å². The molecule has 0 unspecified atom stereocenters. The van der Waals surface area contributed by atoms with Crippen molar-refractivity contribution in [2.45, 2.75) is 38.5 Å². The maximum absolute atomic E-state index is 12.9. The lowest BCUT2D eigenvalue weighted by molar-refractivity contribution is 0.0948. The fourth-order valence-electron chi connectivity index (χ4n) is 3.56. The Bertz CT molecular complexity index is 784. The molecule has 8 heteroatoms. The first-order valence-corrected chi connectivity index (χ1v) is 9.76. The first kappa shape index (κ1) is 20.0. The quantitative estimate of drug-likeness (QED) is 0.749. The molecular weight excluding hydrogens is 366 g/mol. The summed E-state index contributed by atoms with van der Waals surface area (Å²) in [5.41, 5.74) is 2.97. The van der Waals surface area contributed by atoms with Crippen LogP contribution >= 0.6 is 12.4 Å². The van der Waals surface area contributed by atoms with E-state index in [0.29, 0.717) is 23.7 Å². The van der Waals surface area contributed by atoms with Crippen molar-refractivity contribution in [1.82, 2.24) is 25.7 Å². The topological polar surface area (TPSA) is 83.3 Å². The molecule has 2 aliphatic rings. The summed E-state index contributed by atoms with van der Waals surface area (Å²) in [7, 11) is 0. The predicted octanol–water partition coefficient (Wildman–Crippen LogP) is 2.11. The summed E-state index contributed by atoms with van der Waals surface area (Å²) in [4.78, 5) is 19.9. The summed E-state index contributed by atoms with van der Waals surface area (Å²) in [6.45, 7) is 7.73. The lowest BCUT2D eigenvalue weighted by Crippen LogP contribution is -2.46. The lowest BCUT2D eigenvalue weighted by atomic mass is 10.1. The largest absolute Gasteiger partial charge is 0.351 e. The number of nitrogens with zero attached hydrogens (tertiary/aromatic N) is 3. The third kappa shape index (κ3) is 4.59. The molecule has 4 rings (SSSR count). The molecule has 2 fully saturated rings. The molecular formula is C19H28ClN5O2. The highest BCUT2D eigenvalue weighted by Crippen LogP contribution is 2.40. The Hall–Kier alpha value is -1.70. The highest BCUT2D eigenvalue weighted by molar-refractivity contribution is 6.06. The zero-order valence-corrected chi connectivity index (χ0v) is 16.6. The highest BCUT2D eigenvalue weighted by Gasteiger charge is 2.29. The summed E-state index contributed by atoms with van der Waals surface area (Å²) in [5, 5.41) is 11.4. The third-order valence-corrected chi connectivity index (χ3v) is 5.19. The van der Waals surface area contributed by atoms with Crippen LogP contribution in [0.1, 0.15) is 53.8 Å². The Morgan fingerprint density at radius 2 is 2.15 bits per heavy atom. The molecule has 0 aromatic carbocycles. The number of halogens is 1. The number of fused-ring (bicyclic) bond motifs is 1. The van der Waals surface area contributed by atoms with Crippen LogP contribution in [0, 0.1) is 0 Å². The van der Waals surface area contributed by atoms with E-state index < -0.39 is 0 Å². The van der Waals surface area contributed by atoms with Crippen molar-refractivity contribution in [3.63, 3.8) is 0 Å². The Labute approximate surface area is 165 Å². The monoisotopic (exact) mass is 393 g/mol. The zero-order valence-electron chi connectivity index (χ0n) is 15.8. The van der Waals surface area contributed by atoms with Crippen molar-refractivity contribution in [3.8, 4) is 0 Å². The Morgan fingerprint density at radius 3 is 2.85 bits per heavy atom. The van der Waals surface area contributed by atoms with Crippen molar-refractivity contribution < 1.29 is 9.32 Å². The molecule has 2 aromatic rings. The van der Waals surface area contributed by atoms with E-state index in [2.05, 4.69) is 32.6 Å². The molecule has 3 heterocycles. The van der Waals surface area contributed by atoms with Gasteiger partial charge in [0.1, 0.15) is 0 Å². The van der Waals surface area contributed by atoms with Crippen molar-refractivity contribution in [2.24, 2.45) is 0 Å². The number of carbonyl (C=O) groups is 1. The van der Waals surface area contributed by atoms with Gasteiger partial charge in [-0.2, -0.15) is 0 Å². The van der Waals surface area contributed by atoms with Gasteiger partial charge in [-0.3, -0.25) is 9.69 Å². The smallest absolute Gasteiger partial charge is 0.259 e. The van der Waals surface area contributed by atoms with E-state index in [1.54, 1.807) is 0 Å². The van der Waals surface area contributed by atoms with E-state index in [-0.39, 0.29) is 18.3 Å². The molecule has 1 aliphatic heterocycles. The highest BCUT2D eigenvalue weighted by atomic mass is 35.5. The molecule has 1 saturated carbocycles. The molecule has 1 amide bonds. The molecule has 2 aromatic heterocycles. The van der Waals surface area contributed by atoms with Gasteiger partial charge in [0.05, 0.1) is 16.6 Å². The van der Waals surface area contributed by atoms with Crippen LogP contribution in [0.3, 0.4) is 0 Å². The molecule has 148 valence electrons. The van der Waals surface area contributed by atoms with E-state index in [9.17, 15) is 4.79 Å². The normalized spacial score (nSPS) is 17.7. The average Bonchev–Trinajstić information content (AvgIpc) is 3.44. The van der Waals surface area contributed by atoms with Crippen molar-refractivity contribution in [2.75, 3.05) is 39.3 Å². The summed E-state index contributed by atoms with van der Waals surface area (Å²) in [6.07, 6.45) is 4.02. The van der Waals surface area contributed by atoms with Crippen LogP contribution in [-0.4, -0.2) is 60.2 Å². The minimum Gasteiger partial charge on any atom is -0.351 e. The van der Waals surface area contributed by atoms with Gasteiger partial charge in [-0.1, -0.05) is 18.5 Å². The van der Waals surface area contributed by atoms with Crippen LogP contribution in [0.4, 0.5) is 0 Å². The number of rotatable bonds is 7. The van der Waals surface area contributed by atoms with Crippen LogP contribution in [-0.2, 0) is 6.42 Å². The maximum Gasteiger partial charge on any atom is 0.259 e. The van der Waals surface area contributed by atoms with E-state index in [1.165, 1.54) is 0 Å². The standard InChI is InChI=1S/C19H27N5O2.ClH/c1-2-3-15-17-14(12-16(13-4-5-13)22-19(17)26-23-15)18(25)21-8-11-24-9-6-20-7-10-24;/h12-13,20H,2-11H2,1H3,(H,21,25);1H. The van der Waals surface area contributed by atoms with Crippen molar-refractivity contribution >= 4 is 29.4 Å². The number of piperazine rings is 1. The van der Waals surface area contributed by atoms with Gasteiger partial charge in [0.15, 0.2) is 0 Å². The predicted molar refractivity (Wildman–Crippen MR) is 107 cm³/mol. The molecule has 0 atom stereocenters. The van der Waals surface area contributed by atoms with Crippen molar-refractivity contribution in [3.05, 3.63) is 23.0 Å². The molecule has 2 N–H and O–H groups in total. The maximum atomic E-state index is 12.9. The van der Waals surface area contributed by atoms with Crippen LogP contribution in [0.15, 0.2) is 10.6 Å².